The molecule has 1 atom stereocenters. The summed E-state index contributed by atoms with van der Waals surface area (Å²) in [5.74, 6) is 0.847. The summed E-state index contributed by atoms with van der Waals surface area (Å²) in [5, 5.41) is 11.7. The van der Waals surface area contributed by atoms with Crippen LogP contribution in [0.5, 0.6) is 0 Å². The van der Waals surface area contributed by atoms with Gasteiger partial charge < -0.3 is 10.6 Å². The van der Waals surface area contributed by atoms with Crippen molar-refractivity contribution in [2.24, 2.45) is 4.99 Å². The molecule has 1 aliphatic rings. The van der Waals surface area contributed by atoms with Crippen molar-refractivity contribution in [3.63, 3.8) is 0 Å². The minimum atomic E-state index is 0.377. The van der Waals surface area contributed by atoms with Crippen LogP contribution in [-0.2, 0) is 19.4 Å². The monoisotopic (exact) mass is 346 g/mol. The number of guanidine groups is 1. The van der Waals surface area contributed by atoms with Crippen LogP contribution in [0.2, 0.25) is 0 Å². The molecule has 2 N–H and O–H groups in total. The molecule has 0 aliphatic heterocycles. The zero-order valence-electron chi connectivity index (χ0n) is 14.8. The molecular formula is C17H26N6S. The quantitative estimate of drug-likeness (QED) is 0.659. The van der Waals surface area contributed by atoms with Gasteiger partial charge in [0.1, 0.15) is 0 Å². The maximum atomic E-state index is 4.74. The maximum absolute atomic E-state index is 4.74. The van der Waals surface area contributed by atoms with Gasteiger partial charge in [0.2, 0.25) is 0 Å². The van der Waals surface area contributed by atoms with Crippen LogP contribution in [0.25, 0.3) is 0 Å². The highest BCUT2D eigenvalue weighted by Gasteiger charge is 2.23. The van der Waals surface area contributed by atoms with Gasteiger partial charge in [0.25, 0.3) is 0 Å². The molecular weight excluding hydrogens is 320 g/mol. The van der Waals surface area contributed by atoms with Crippen LogP contribution < -0.4 is 10.6 Å². The fourth-order valence-electron chi connectivity index (χ4n) is 2.95. The Balaban J connectivity index is 1.57. The number of hydrogen-bond acceptors (Lipinski definition) is 4. The molecule has 2 aromatic heterocycles. The molecule has 6 nitrogen and oxygen atoms in total. The molecule has 1 unspecified atom stereocenters. The van der Waals surface area contributed by atoms with Crippen molar-refractivity contribution in [3.8, 4) is 0 Å². The van der Waals surface area contributed by atoms with Gasteiger partial charge in [-0.3, -0.25) is 9.67 Å². The van der Waals surface area contributed by atoms with Gasteiger partial charge in [-0.25, -0.2) is 4.98 Å². The Bertz CT molecular complexity index is 714. The Morgan fingerprint density at radius 3 is 3.00 bits per heavy atom. The van der Waals surface area contributed by atoms with Gasteiger partial charge >= 0.3 is 0 Å². The molecule has 7 heteroatoms. The third kappa shape index (κ3) is 3.77. The number of aliphatic imine (C=N–C) groups is 1. The van der Waals surface area contributed by atoms with E-state index in [2.05, 4.69) is 45.3 Å². The third-order valence-corrected chi connectivity index (χ3v) is 5.39. The van der Waals surface area contributed by atoms with E-state index in [0.717, 1.165) is 37.5 Å². The van der Waals surface area contributed by atoms with Gasteiger partial charge in [-0.15, -0.1) is 11.3 Å². The summed E-state index contributed by atoms with van der Waals surface area (Å²) in [5.41, 5.74) is 5.59. The van der Waals surface area contributed by atoms with Crippen LogP contribution in [-0.4, -0.2) is 33.8 Å². The number of thiazole rings is 1. The highest BCUT2D eigenvalue weighted by Crippen LogP contribution is 2.21. The van der Waals surface area contributed by atoms with Crippen molar-refractivity contribution >= 4 is 17.3 Å². The number of hydrogen-bond donors (Lipinski definition) is 2. The van der Waals surface area contributed by atoms with E-state index in [4.69, 9.17) is 5.10 Å². The first-order chi connectivity index (χ1) is 11.6. The van der Waals surface area contributed by atoms with Gasteiger partial charge in [0, 0.05) is 36.6 Å². The lowest BCUT2D eigenvalue weighted by Crippen LogP contribution is -2.45. The first-order valence-corrected chi connectivity index (χ1v) is 9.37. The largest absolute Gasteiger partial charge is 0.353 e. The van der Waals surface area contributed by atoms with E-state index in [9.17, 15) is 0 Å². The molecule has 2 aromatic rings. The Labute approximate surface area is 147 Å². The van der Waals surface area contributed by atoms with E-state index < -0.39 is 0 Å². The predicted octanol–water partition coefficient (Wildman–Crippen LogP) is 2.45. The zero-order chi connectivity index (χ0) is 17.1. The lowest BCUT2D eigenvalue weighted by Gasteiger charge is -2.24. The molecule has 0 amide bonds. The zero-order valence-corrected chi connectivity index (χ0v) is 15.7. The number of rotatable bonds is 4. The van der Waals surface area contributed by atoms with E-state index in [1.165, 1.54) is 16.1 Å². The second kappa shape index (κ2) is 7.34. The molecule has 0 aromatic carbocycles. The van der Waals surface area contributed by atoms with Crippen LogP contribution in [0, 0.1) is 6.92 Å². The van der Waals surface area contributed by atoms with Crippen molar-refractivity contribution < 1.29 is 0 Å². The van der Waals surface area contributed by atoms with Crippen LogP contribution in [0.15, 0.2) is 16.7 Å². The minimum absolute atomic E-state index is 0.377. The highest BCUT2D eigenvalue weighted by atomic mass is 32.1. The lowest BCUT2D eigenvalue weighted by molar-refractivity contribution is 0.499. The summed E-state index contributed by atoms with van der Waals surface area (Å²) in [4.78, 5) is 9.89. The molecule has 0 bridgehead atoms. The Morgan fingerprint density at radius 1 is 1.50 bits per heavy atom. The number of aryl methyl sites for hydroxylation is 2. The van der Waals surface area contributed by atoms with Crippen molar-refractivity contribution in [2.75, 3.05) is 7.05 Å². The van der Waals surface area contributed by atoms with Crippen LogP contribution >= 0.6 is 11.3 Å². The van der Waals surface area contributed by atoms with Crippen LogP contribution in [0.1, 0.15) is 48.1 Å². The van der Waals surface area contributed by atoms with E-state index in [0.29, 0.717) is 12.1 Å². The number of nitrogens with one attached hydrogen (secondary N) is 2. The van der Waals surface area contributed by atoms with E-state index >= 15 is 0 Å². The van der Waals surface area contributed by atoms with Gasteiger partial charge in [0.05, 0.1) is 23.4 Å². The van der Waals surface area contributed by atoms with Crippen molar-refractivity contribution in [1.29, 1.82) is 0 Å². The minimum Gasteiger partial charge on any atom is -0.353 e. The molecule has 0 radical (unpaired) electrons. The number of nitrogens with zero attached hydrogens (tertiary/aromatic N) is 4. The van der Waals surface area contributed by atoms with Crippen molar-refractivity contribution in [3.05, 3.63) is 33.5 Å². The van der Waals surface area contributed by atoms with E-state index in [1.807, 2.05) is 19.5 Å². The fraction of sp³-hybridized carbons (Fsp3) is 0.588. The highest BCUT2D eigenvalue weighted by molar-refractivity contribution is 7.09. The fourth-order valence-corrected chi connectivity index (χ4v) is 3.67. The summed E-state index contributed by atoms with van der Waals surface area (Å²) in [6, 6.07) is 0.792. The van der Waals surface area contributed by atoms with Crippen LogP contribution in [0.4, 0.5) is 0 Å². The predicted molar refractivity (Wildman–Crippen MR) is 98.6 cm³/mol. The standard InChI is InChI=1S/C17H26N6S/c1-11(2)23-9-13-5-6-14(7-15(13)22-23)21-17(18-4)19-8-16-12(3)20-10-24-16/h9-11,14H,5-8H2,1-4H3,(H2,18,19,21). The second-order valence-electron chi connectivity index (χ2n) is 6.55. The molecule has 0 spiro atoms. The Kier molecular flexibility index (Phi) is 5.18. The topological polar surface area (TPSA) is 67.1 Å². The Hall–Kier alpha value is -1.89. The second-order valence-corrected chi connectivity index (χ2v) is 7.48. The van der Waals surface area contributed by atoms with Gasteiger partial charge in [-0.1, -0.05) is 0 Å². The summed E-state index contributed by atoms with van der Waals surface area (Å²) in [7, 11) is 1.82. The summed E-state index contributed by atoms with van der Waals surface area (Å²) < 4.78 is 2.08. The summed E-state index contributed by atoms with van der Waals surface area (Å²) in [6.45, 7) is 7.14. The molecule has 1 aliphatic carbocycles. The molecule has 2 heterocycles. The first kappa shape index (κ1) is 17.0. The lowest BCUT2D eigenvalue weighted by atomic mass is 9.94. The van der Waals surface area contributed by atoms with Gasteiger partial charge in [-0.05, 0) is 39.2 Å². The molecule has 24 heavy (non-hydrogen) atoms. The number of fused-ring (bicyclic) bond motifs is 1. The first-order valence-electron chi connectivity index (χ1n) is 8.50. The molecule has 130 valence electrons. The third-order valence-electron chi connectivity index (χ3n) is 4.45. The average Bonchev–Trinajstić information content (AvgIpc) is 3.17. The Morgan fingerprint density at radius 2 is 2.33 bits per heavy atom. The molecule has 0 saturated heterocycles. The van der Waals surface area contributed by atoms with E-state index in [-0.39, 0.29) is 0 Å². The van der Waals surface area contributed by atoms with Crippen LogP contribution in [0.3, 0.4) is 0 Å². The van der Waals surface area contributed by atoms with Crippen molar-refractivity contribution in [2.45, 2.75) is 58.7 Å². The van der Waals surface area contributed by atoms with Crippen molar-refractivity contribution in [1.82, 2.24) is 25.4 Å². The van der Waals surface area contributed by atoms with Gasteiger partial charge in [-0.2, -0.15) is 5.10 Å². The number of aromatic nitrogens is 3. The molecule has 0 fully saturated rings. The normalized spacial score (nSPS) is 17.9. The smallest absolute Gasteiger partial charge is 0.191 e. The van der Waals surface area contributed by atoms with E-state index in [1.54, 1.807) is 11.3 Å². The maximum Gasteiger partial charge on any atom is 0.191 e. The van der Waals surface area contributed by atoms with Gasteiger partial charge in [0.15, 0.2) is 5.96 Å². The summed E-state index contributed by atoms with van der Waals surface area (Å²) >= 11 is 1.68. The SMILES string of the molecule is CN=C(NCc1scnc1C)NC1CCc2cn(C(C)C)nc2C1. The average molecular weight is 347 g/mol. The molecule has 0 saturated carbocycles. The molecule has 3 rings (SSSR count). The summed E-state index contributed by atoms with van der Waals surface area (Å²) in [6.07, 6.45) is 5.34.